The Labute approximate surface area is 191 Å². The molecule has 1 saturated carbocycles. The number of carbonyl (C=O) groups is 2. The van der Waals surface area contributed by atoms with Gasteiger partial charge < -0.3 is 10.2 Å². The molecule has 0 atom stereocenters. The number of benzene rings is 1. The number of nitrogens with one attached hydrogen (secondary N) is 1. The van der Waals surface area contributed by atoms with Crippen LogP contribution in [0.1, 0.15) is 66.6 Å². The van der Waals surface area contributed by atoms with Crippen molar-refractivity contribution in [1.29, 1.82) is 0 Å². The van der Waals surface area contributed by atoms with E-state index in [1.54, 1.807) is 12.1 Å². The Morgan fingerprint density at radius 3 is 2.24 bits per heavy atom. The molecule has 0 bridgehead atoms. The van der Waals surface area contributed by atoms with Crippen molar-refractivity contribution in [2.45, 2.75) is 64.1 Å². The summed E-state index contributed by atoms with van der Waals surface area (Å²) in [5.41, 5.74) is -0.440. The Morgan fingerprint density at radius 1 is 1.00 bits per heavy atom. The number of piperidine rings is 1. The van der Waals surface area contributed by atoms with E-state index in [4.69, 9.17) is 0 Å². The zero-order valence-electron chi connectivity index (χ0n) is 18.7. The van der Waals surface area contributed by atoms with Gasteiger partial charge in [0.25, 0.3) is 5.91 Å². The predicted molar refractivity (Wildman–Crippen MR) is 117 cm³/mol. The van der Waals surface area contributed by atoms with Gasteiger partial charge in [-0.2, -0.15) is 18.3 Å². The topological polar surface area (TPSA) is 67.2 Å². The van der Waals surface area contributed by atoms with Gasteiger partial charge in [-0.3, -0.25) is 9.59 Å². The fraction of sp³-hybridized carbons (Fsp3) is 0.542. The van der Waals surface area contributed by atoms with Crippen molar-refractivity contribution < 1.29 is 22.8 Å². The highest BCUT2D eigenvalue weighted by atomic mass is 19.4. The fourth-order valence-electron chi connectivity index (χ4n) is 4.78. The minimum Gasteiger partial charge on any atom is -0.349 e. The van der Waals surface area contributed by atoms with Crippen molar-refractivity contribution in [3.05, 3.63) is 47.3 Å². The third-order valence-electron chi connectivity index (χ3n) is 6.66. The van der Waals surface area contributed by atoms with E-state index in [2.05, 4.69) is 10.4 Å². The molecule has 4 rings (SSSR count). The third kappa shape index (κ3) is 5.23. The maximum atomic E-state index is 13.9. The van der Waals surface area contributed by atoms with Crippen LogP contribution in [-0.4, -0.2) is 45.6 Å². The molecule has 1 aliphatic carbocycles. The molecule has 2 aliphatic rings. The van der Waals surface area contributed by atoms with Gasteiger partial charge in [0.2, 0.25) is 5.91 Å². The first-order valence-electron chi connectivity index (χ1n) is 11.6. The minimum atomic E-state index is -4.75. The number of alkyl halides is 3. The lowest BCUT2D eigenvalue weighted by Gasteiger charge is -2.35. The summed E-state index contributed by atoms with van der Waals surface area (Å²) in [4.78, 5) is 27.4. The van der Waals surface area contributed by atoms with Gasteiger partial charge in [0.1, 0.15) is 0 Å². The van der Waals surface area contributed by atoms with Gasteiger partial charge >= 0.3 is 6.18 Å². The Morgan fingerprint density at radius 2 is 1.64 bits per heavy atom. The minimum absolute atomic E-state index is 0.0897. The first kappa shape index (κ1) is 23.3. The van der Waals surface area contributed by atoms with Crippen LogP contribution in [0.2, 0.25) is 0 Å². The number of likely N-dealkylation sites (tertiary alicyclic amines) is 1. The number of rotatable bonds is 4. The summed E-state index contributed by atoms with van der Waals surface area (Å²) in [6, 6.07) is 6.19. The Balaban J connectivity index is 1.43. The number of aryl methyl sites for hydroxylation is 1. The van der Waals surface area contributed by atoms with E-state index < -0.39 is 23.3 Å². The summed E-state index contributed by atoms with van der Waals surface area (Å²) < 4.78 is 42.4. The first-order valence-corrected chi connectivity index (χ1v) is 11.6. The molecule has 0 unspecified atom stereocenters. The SMILES string of the molecule is Cc1ccc(-n2ncc(C(=O)NC3CCN(C(=O)C4CCCCC4)CC3)c2C(F)(F)F)cc1. The molecule has 2 amide bonds. The number of hydrogen-bond acceptors (Lipinski definition) is 3. The van der Waals surface area contributed by atoms with Crippen LogP contribution in [0.25, 0.3) is 5.69 Å². The van der Waals surface area contributed by atoms with Gasteiger partial charge in [0, 0.05) is 25.0 Å². The molecule has 1 aliphatic heterocycles. The lowest BCUT2D eigenvalue weighted by molar-refractivity contribution is -0.143. The van der Waals surface area contributed by atoms with E-state index in [0.29, 0.717) is 25.9 Å². The third-order valence-corrected chi connectivity index (χ3v) is 6.66. The molecule has 33 heavy (non-hydrogen) atoms. The summed E-state index contributed by atoms with van der Waals surface area (Å²) in [5.74, 6) is -0.525. The molecular weight excluding hydrogens is 433 g/mol. The van der Waals surface area contributed by atoms with E-state index in [9.17, 15) is 22.8 Å². The van der Waals surface area contributed by atoms with Gasteiger partial charge in [0.15, 0.2) is 5.69 Å². The van der Waals surface area contributed by atoms with Crippen molar-refractivity contribution in [2.75, 3.05) is 13.1 Å². The van der Waals surface area contributed by atoms with Crippen molar-refractivity contribution >= 4 is 11.8 Å². The molecule has 0 radical (unpaired) electrons. The van der Waals surface area contributed by atoms with E-state index in [1.165, 1.54) is 18.6 Å². The van der Waals surface area contributed by atoms with Gasteiger partial charge in [-0.1, -0.05) is 37.0 Å². The maximum absolute atomic E-state index is 13.9. The highest BCUT2D eigenvalue weighted by Crippen LogP contribution is 2.34. The van der Waals surface area contributed by atoms with Crippen LogP contribution in [0, 0.1) is 12.8 Å². The lowest BCUT2D eigenvalue weighted by atomic mass is 9.87. The number of amides is 2. The normalized spacial score (nSPS) is 18.4. The quantitative estimate of drug-likeness (QED) is 0.728. The van der Waals surface area contributed by atoms with Crippen molar-refractivity contribution in [1.82, 2.24) is 20.0 Å². The van der Waals surface area contributed by atoms with Gasteiger partial charge in [-0.15, -0.1) is 0 Å². The first-order chi connectivity index (χ1) is 15.7. The summed E-state index contributed by atoms with van der Waals surface area (Å²) in [7, 11) is 0. The zero-order valence-corrected chi connectivity index (χ0v) is 18.7. The fourth-order valence-corrected chi connectivity index (χ4v) is 4.78. The molecule has 2 aromatic rings. The Kier molecular flexibility index (Phi) is 6.76. The van der Waals surface area contributed by atoms with E-state index in [1.807, 2.05) is 11.8 Å². The smallest absolute Gasteiger partial charge is 0.349 e. The van der Waals surface area contributed by atoms with E-state index in [-0.39, 0.29) is 23.6 Å². The van der Waals surface area contributed by atoms with Crippen LogP contribution in [-0.2, 0) is 11.0 Å². The van der Waals surface area contributed by atoms with Gasteiger partial charge in [-0.25, -0.2) is 4.68 Å². The zero-order chi connectivity index (χ0) is 23.6. The molecule has 9 heteroatoms. The number of nitrogens with zero attached hydrogens (tertiary/aromatic N) is 3. The van der Waals surface area contributed by atoms with Crippen LogP contribution < -0.4 is 5.32 Å². The van der Waals surface area contributed by atoms with Gasteiger partial charge in [-0.05, 0) is 44.7 Å². The lowest BCUT2D eigenvalue weighted by Crippen LogP contribution is -2.48. The van der Waals surface area contributed by atoms with Crippen LogP contribution in [0.4, 0.5) is 13.2 Å². The molecule has 2 heterocycles. The molecule has 1 aromatic carbocycles. The summed E-state index contributed by atoms with van der Waals surface area (Å²) >= 11 is 0. The Hall–Kier alpha value is -2.84. The summed E-state index contributed by atoms with van der Waals surface area (Å²) in [5, 5.41) is 6.60. The molecule has 2 fully saturated rings. The molecule has 0 spiro atoms. The second kappa shape index (κ2) is 9.57. The van der Waals surface area contributed by atoms with Crippen LogP contribution in [0.3, 0.4) is 0 Å². The van der Waals surface area contributed by atoms with Gasteiger partial charge in [0.05, 0.1) is 17.4 Å². The highest BCUT2D eigenvalue weighted by Gasteiger charge is 2.41. The standard InChI is InChI=1S/C24H29F3N4O2/c1-16-7-9-19(10-8-16)31-21(24(25,26)27)20(15-28-31)22(32)29-18-11-13-30(14-12-18)23(33)17-5-3-2-4-6-17/h7-10,15,17-18H,2-6,11-14H2,1H3,(H,29,32). The molecule has 178 valence electrons. The Bertz CT molecular complexity index is 986. The molecule has 1 saturated heterocycles. The highest BCUT2D eigenvalue weighted by molar-refractivity contribution is 5.95. The molecular formula is C24H29F3N4O2. The van der Waals surface area contributed by atoms with E-state index in [0.717, 1.165) is 42.1 Å². The monoisotopic (exact) mass is 462 g/mol. The van der Waals surface area contributed by atoms with Crippen molar-refractivity contribution in [2.24, 2.45) is 5.92 Å². The van der Waals surface area contributed by atoms with E-state index >= 15 is 0 Å². The van der Waals surface area contributed by atoms with Crippen LogP contribution in [0.15, 0.2) is 30.5 Å². The summed E-state index contributed by atoms with van der Waals surface area (Å²) in [6.07, 6.45) is 2.49. The van der Waals surface area contributed by atoms with Crippen molar-refractivity contribution in [3.8, 4) is 5.69 Å². The predicted octanol–water partition coefficient (Wildman–Crippen LogP) is 4.50. The van der Waals surface area contributed by atoms with Crippen LogP contribution >= 0.6 is 0 Å². The molecule has 6 nitrogen and oxygen atoms in total. The second-order valence-corrected chi connectivity index (χ2v) is 9.06. The maximum Gasteiger partial charge on any atom is 0.434 e. The number of aromatic nitrogens is 2. The largest absolute Gasteiger partial charge is 0.434 e. The molecule has 1 aromatic heterocycles. The second-order valence-electron chi connectivity index (χ2n) is 9.06. The summed E-state index contributed by atoms with van der Waals surface area (Å²) in [6.45, 7) is 2.86. The molecule has 1 N–H and O–H groups in total. The average Bonchev–Trinajstić information content (AvgIpc) is 3.26. The van der Waals surface area contributed by atoms with Crippen molar-refractivity contribution in [3.63, 3.8) is 0 Å². The van der Waals surface area contributed by atoms with Crippen LogP contribution in [0.5, 0.6) is 0 Å². The average molecular weight is 463 g/mol. The number of halogens is 3. The number of carbonyl (C=O) groups excluding carboxylic acids is 2. The number of hydrogen-bond donors (Lipinski definition) is 1.